The van der Waals surface area contributed by atoms with Gasteiger partial charge in [0.2, 0.25) is 5.91 Å². The molecular formula is C15H20N4O3S. The molecule has 2 aliphatic heterocycles. The average molecular weight is 336 g/mol. The summed E-state index contributed by atoms with van der Waals surface area (Å²) in [6.45, 7) is 3.92. The van der Waals surface area contributed by atoms with Crippen LogP contribution in [0, 0.1) is 0 Å². The number of nitrogens with zero attached hydrogens (tertiary/aromatic N) is 4. The van der Waals surface area contributed by atoms with Gasteiger partial charge in [-0.3, -0.25) is 14.4 Å². The van der Waals surface area contributed by atoms with E-state index in [1.165, 1.54) is 9.80 Å². The Morgan fingerprint density at radius 3 is 2.70 bits per heavy atom. The molecule has 2 saturated heterocycles. The van der Waals surface area contributed by atoms with Gasteiger partial charge in [0, 0.05) is 37.8 Å². The van der Waals surface area contributed by atoms with Gasteiger partial charge in [0.15, 0.2) is 0 Å². The molecule has 124 valence electrons. The van der Waals surface area contributed by atoms with Crippen LogP contribution in [0.15, 0.2) is 11.6 Å². The summed E-state index contributed by atoms with van der Waals surface area (Å²) >= 11 is 1.55. The van der Waals surface area contributed by atoms with Crippen LogP contribution in [0.4, 0.5) is 0 Å². The Kier molecular flexibility index (Phi) is 4.61. The zero-order valence-electron chi connectivity index (χ0n) is 13.1. The van der Waals surface area contributed by atoms with Gasteiger partial charge in [0.1, 0.15) is 11.6 Å². The first-order chi connectivity index (χ1) is 11.1. The number of likely N-dealkylation sites (N-methyl/N-ethyl adjacent to an activating group) is 1. The summed E-state index contributed by atoms with van der Waals surface area (Å²) in [5.41, 5.74) is 0. The van der Waals surface area contributed by atoms with Crippen molar-refractivity contribution in [3.8, 4) is 0 Å². The number of rotatable bonds is 4. The normalized spacial score (nSPS) is 22.1. The first-order valence-corrected chi connectivity index (χ1v) is 8.76. The first kappa shape index (κ1) is 15.9. The van der Waals surface area contributed by atoms with Crippen molar-refractivity contribution in [2.24, 2.45) is 0 Å². The number of hydrogen-bond acceptors (Lipinski definition) is 5. The lowest BCUT2D eigenvalue weighted by molar-refractivity contribution is -0.157. The van der Waals surface area contributed by atoms with E-state index >= 15 is 0 Å². The van der Waals surface area contributed by atoms with Crippen LogP contribution in [0.25, 0.3) is 0 Å². The number of hydrogen-bond donors (Lipinski definition) is 0. The Balaban J connectivity index is 1.65. The Morgan fingerprint density at radius 2 is 2.00 bits per heavy atom. The molecule has 3 rings (SSSR count). The van der Waals surface area contributed by atoms with Crippen molar-refractivity contribution in [3.05, 3.63) is 16.6 Å². The summed E-state index contributed by atoms with van der Waals surface area (Å²) in [4.78, 5) is 45.6. The van der Waals surface area contributed by atoms with Gasteiger partial charge in [-0.1, -0.05) is 0 Å². The Hall–Kier alpha value is -1.96. The topological polar surface area (TPSA) is 73.8 Å². The maximum atomic E-state index is 12.6. The molecule has 0 saturated carbocycles. The summed E-state index contributed by atoms with van der Waals surface area (Å²) in [6, 6.07) is 0.00485. The second kappa shape index (κ2) is 6.66. The molecule has 0 aliphatic carbocycles. The SMILES string of the molecule is CCN1CCN(CC(=O)N2CCCC2c2nccs2)C(=O)C1=O. The second-order valence-electron chi connectivity index (χ2n) is 5.73. The molecule has 0 radical (unpaired) electrons. The van der Waals surface area contributed by atoms with Gasteiger partial charge in [-0.2, -0.15) is 0 Å². The Morgan fingerprint density at radius 1 is 1.26 bits per heavy atom. The smallest absolute Gasteiger partial charge is 0.312 e. The summed E-state index contributed by atoms with van der Waals surface area (Å²) in [5, 5.41) is 2.84. The van der Waals surface area contributed by atoms with Gasteiger partial charge in [0.05, 0.1) is 6.04 Å². The van der Waals surface area contributed by atoms with Crippen molar-refractivity contribution in [2.45, 2.75) is 25.8 Å². The van der Waals surface area contributed by atoms with Crippen LogP contribution >= 0.6 is 11.3 Å². The minimum absolute atomic E-state index is 0.00485. The first-order valence-electron chi connectivity index (χ1n) is 7.89. The Bertz CT molecular complexity index is 604. The third-order valence-electron chi connectivity index (χ3n) is 4.41. The lowest BCUT2D eigenvalue weighted by Crippen LogP contribution is -2.56. The third kappa shape index (κ3) is 3.08. The van der Waals surface area contributed by atoms with E-state index in [0.29, 0.717) is 26.2 Å². The molecule has 1 aromatic heterocycles. The van der Waals surface area contributed by atoms with Gasteiger partial charge < -0.3 is 14.7 Å². The summed E-state index contributed by atoms with van der Waals surface area (Å²) < 4.78 is 0. The number of carbonyl (C=O) groups excluding carboxylic acids is 3. The van der Waals surface area contributed by atoms with Gasteiger partial charge >= 0.3 is 11.8 Å². The van der Waals surface area contributed by atoms with Crippen LogP contribution in [-0.4, -0.2) is 70.1 Å². The van der Waals surface area contributed by atoms with Gasteiger partial charge in [-0.25, -0.2) is 4.98 Å². The molecule has 1 unspecified atom stereocenters. The molecule has 7 nitrogen and oxygen atoms in total. The highest BCUT2D eigenvalue weighted by molar-refractivity contribution is 7.09. The van der Waals surface area contributed by atoms with Gasteiger partial charge in [-0.15, -0.1) is 11.3 Å². The maximum Gasteiger partial charge on any atom is 0.312 e. The van der Waals surface area contributed by atoms with Crippen molar-refractivity contribution < 1.29 is 14.4 Å². The van der Waals surface area contributed by atoms with Crippen molar-refractivity contribution in [1.82, 2.24) is 19.7 Å². The van der Waals surface area contributed by atoms with Crippen molar-refractivity contribution in [1.29, 1.82) is 0 Å². The van der Waals surface area contributed by atoms with E-state index < -0.39 is 11.8 Å². The number of likely N-dealkylation sites (tertiary alicyclic amines) is 1. The van der Waals surface area contributed by atoms with E-state index in [9.17, 15) is 14.4 Å². The molecule has 1 atom stereocenters. The monoisotopic (exact) mass is 336 g/mol. The number of aromatic nitrogens is 1. The average Bonchev–Trinajstić information content (AvgIpc) is 3.22. The fourth-order valence-electron chi connectivity index (χ4n) is 3.14. The molecule has 0 aromatic carbocycles. The lowest BCUT2D eigenvalue weighted by atomic mass is 10.2. The summed E-state index contributed by atoms with van der Waals surface area (Å²) in [6.07, 6.45) is 3.58. The van der Waals surface area contributed by atoms with E-state index in [1.807, 2.05) is 12.3 Å². The summed E-state index contributed by atoms with van der Waals surface area (Å²) in [5.74, 6) is -1.19. The van der Waals surface area contributed by atoms with Crippen molar-refractivity contribution >= 4 is 29.1 Å². The molecule has 0 bridgehead atoms. The van der Waals surface area contributed by atoms with Gasteiger partial charge in [-0.05, 0) is 19.8 Å². The molecule has 3 heterocycles. The molecule has 1 aromatic rings. The molecule has 0 spiro atoms. The quantitative estimate of drug-likeness (QED) is 0.751. The Labute approximate surface area is 138 Å². The van der Waals surface area contributed by atoms with Crippen LogP contribution < -0.4 is 0 Å². The summed E-state index contributed by atoms with van der Waals surface area (Å²) in [7, 11) is 0. The fourth-order valence-corrected chi connectivity index (χ4v) is 3.93. The number of piperazine rings is 1. The zero-order valence-corrected chi connectivity index (χ0v) is 13.9. The predicted octanol–water partition coefficient (Wildman–Crippen LogP) is 0.497. The number of amides is 3. The van der Waals surface area contributed by atoms with Gasteiger partial charge in [0.25, 0.3) is 0 Å². The predicted molar refractivity (Wildman–Crippen MR) is 84.6 cm³/mol. The molecule has 2 aliphatic rings. The molecular weight excluding hydrogens is 316 g/mol. The number of thiazole rings is 1. The van der Waals surface area contributed by atoms with E-state index in [1.54, 1.807) is 22.4 Å². The second-order valence-corrected chi connectivity index (χ2v) is 6.65. The van der Waals surface area contributed by atoms with Crippen molar-refractivity contribution in [2.75, 3.05) is 32.7 Å². The molecule has 2 fully saturated rings. The maximum absolute atomic E-state index is 12.6. The largest absolute Gasteiger partial charge is 0.333 e. The fraction of sp³-hybridized carbons (Fsp3) is 0.600. The number of carbonyl (C=O) groups is 3. The molecule has 0 N–H and O–H groups in total. The van der Waals surface area contributed by atoms with E-state index in [-0.39, 0.29) is 18.5 Å². The van der Waals surface area contributed by atoms with E-state index in [0.717, 1.165) is 17.8 Å². The molecule has 23 heavy (non-hydrogen) atoms. The standard InChI is InChI=1S/C15H20N4O3S/c1-2-17-7-8-18(15(22)14(17)21)10-12(20)19-6-3-4-11(19)13-16-5-9-23-13/h5,9,11H,2-4,6-8,10H2,1H3. The molecule has 8 heteroatoms. The highest BCUT2D eigenvalue weighted by atomic mass is 32.1. The highest BCUT2D eigenvalue weighted by Crippen LogP contribution is 2.33. The minimum Gasteiger partial charge on any atom is -0.333 e. The van der Waals surface area contributed by atoms with E-state index in [4.69, 9.17) is 0 Å². The van der Waals surface area contributed by atoms with Crippen LogP contribution in [0.2, 0.25) is 0 Å². The third-order valence-corrected chi connectivity index (χ3v) is 5.29. The van der Waals surface area contributed by atoms with E-state index in [2.05, 4.69) is 4.98 Å². The van der Waals surface area contributed by atoms with Crippen LogP contribution in [0.1, 0.15) is 30.8 Å². The minimum atomic E-state index is -0.573. The van der Waals surface area contributed by atoms with Crippen molar-refractivity contribution in [3.63, 3.8) is 0 Å². The lowest BCUT2D eigenvalue weighted by Gasteiger charge is -2.34. The van der Waals surface area contributed by atoms with Crippen LogP contribution in [-0.2, 0) is 14.4 Å². The zero-order chi connectivity index (χ0) is 16.4. The highest BCUT2D eigenvalue weighted by Gasteiger charge is 2.36. The molecule has 3 amide bonds. The van der Waals surface area contributed by atoms with Crippen LogP contribution in [0.3, 0.4) is 0 Å². The van der Waals surface area contributed by atoms with Crippen LogP contribution in [0.5, 0.6) is 0 Å².